The van der Waals surface area contributed by atoms with Gasteiger partial charge >= 0.3 is 0 Å². The number of hydrogen-bond donors (Lipinski definition) is 1. The Bertz CT molecular complexity index is 692. The molecule has 0 spiro atoms. The molecule has 20 heavy (non-hydrogen) atoms. The summed E-state index contributed by atoms with van der Waals surface area (Å²) in [6, 6.07) is 0.111. The van der Waals surface area contributed by atoms with Gasteiger partial charge in [0.05, 0.1) is 17.9 Å². The number of halogens is 1. The van der Waals surface area contributed by atoms with Gasteiger partial charge in [0.1, 0.15) is 10.0 Å². The highest BCUT2D eigenvalue weighted by atomic mass is 35.5. The molecule has 1 fully saturated rings. The molecule has 1 atom stereocenters. The van der Waals surface area contributed by atoms with Gasteiger partial charge in [-0.1, -0.05) is 11.6 Å². The number of aromatic nitrogens is 3. The van der Waals surface area contributed by atoms with Crippen molar-refractivity contribution < 1.29 is 0 Å². The van der Waals surface area contributed by atoms with E-state index in [2.05, 4.69) is 15.4 Å². The van der Waals surface area contributed by atoms with Gasteiger partial charge in [-0.2, -0.15) is 5.10 Å². The van der Waals surface area contributed by atoms with Crippen molar-refractivity contribution in [3.63, 3.8) is 0 Å². The zero-order chi connectivity index (χ0) is 14.3. The second-order valence-electron chi connectivity index (χ2n) is 5.07. The fraction of sp³-hybridized carbons (Fsp3) is 0.462. The molecule has 0 radical (unpaired) electrons. The van der Waals surface area contributed by atoms with E-state index < -0.39 is 0 Å². The van der Waals surface area contributed by atoms with Crippen LogP contribution in [0.3, 0.4) is 0 Å². The highest BCUT2D eigenvalue weighted by Gasteiger charge is 2.34. The third-order valence-electron chi connectivity index (χ3n) is 3.39. The van der Waals surface area contributed by atoms with Gasteiger partial charge in [-0.05, 0) is 25.7 Å². The summed E-state index contributed by atoms with van der Waals surface area (Å²) in [5.74, 6) is 0.556. The third kappa shape index (κ3) is 2.58. The van der Waals surface area contributed by atoms with E-state index in [9.17, 15) is 4.79 Å². The van der Waals surface area contributed by atoms with Crippen LogP contribution < -0.4 is 10.9 Å². The van der Waals surface area contributed by atoms with Crippen molar-refractivity contribution in [2.24, 2.45) is 13.0 Å². The van der Waals surface area contributed by atoms with E-state index >= 15 is 0 Å². The summed E-state index contributed by atoms with van der Waals surface area (Å²) in [6.07, 6.45) is 5.82. The number of thiazole rings is 1. The molecule has 1 N–H and O–H groups in total. The van der Waals surface area contributed by atoms with Crippen LogP contribution in [-0.2, 0) is 7.05 Å². The summed E-state index contributed by atoms with van der Waals surface area (Å²) in [5.41, 5.74) is 0.293. The Morgan fingerprint density at radius 3 is 2.85 bits per heavy atom. The molecule has 2 heterocycles. The summed E-state index contributed by atoms with van der Waals surface area (Å²) in [7, 11) is 1.58. The van der Waals surface area contributed by atoms with Crippen LogP contribution in [0.25, 0.3) is 0 Å². The smallest absolute Gasteiger partial charge is 0.287 e. The lowest BCUT2D eigenvalue weighted by Crippen LogP contribution is -2.22. The summed E-state index contributed by atoms with van der Waals surface area (Å²) in [5, 5.41) is 8.58. The lowest BCUT2D eigenvalue weighted by molar-refractivity contribution is 0.665. The van der Waals surface area contributed by atoms with E-state index in [0.717, 1.165) is 5.01 Å². The minimum atomic E-state index is -0.290. The molecule has 0 aliphatic heterocycles. The highest BCUT2D eigenvalue weighted by Crippen LogP contribution is 2.44. The number of aryl methyl sites for hydroxylation is 2. The molecule has 7 heteroatoms. The topological polar surface area (TPSA) is 59.8 Å². The van der Waals surface area contributed by atoms with Crippen molar-refractivity contribution in [3.8, 4) is 0 Å². The fourth-order valence-electron chi connectivity index (χ4n) is 2.11. The van der Waals surface area contributed by atoms with Crippen molar-refractivity contribution in [2.45, 2.75) is 25.8 Å². The first kappa shape index (κ1) is 13.6. The normalized spacial score (nSPS) is 16.1. The number of rotatable bonds is 4. The number of nitrogens with zero attached hydrogens (tertiary/aromatic N) is 3. The fourth-order valence-corrected chi connectivity index (χ4v) is 3.25. The number of hydrogen-bond acceptors (Lipinski definition) is 5. The molecule has 5 nitrogen and oxygen atoms in total. The molecule has 1 aliphatic rings. The average Bonchev–Trinajstić information content (AvgIpc) is 3.17. The second kappa shape index (κ2) is 5.18. The average molecular weight is 311 g/mol. The summed E-state index contributed by atoms with van der Waals surface area (Å²) >= 11 is 7.78. The van der Waals surface area contributed by atoms with E-state index in [1.54, 1.807) is 24.6 Å². The van der Waals surface area contributed by atoms with Crippen LogP contribution in [0, 0.1) is 12.8 Å². The highest BCUT2D eigenvalue weighted by molar-refractivity contribution is 7.11. The van der Waals surface area contributed by atoms with E-state index in [1.807, 2.05) is 13.1 Å². The molecule has 3 rings (SSSR count). The monoisotopic (exact) mass is 310 g/mol. The predicted octanol–water partition coefficient (Wildman–Crippen LogP) is 2.76. The third-order valence-corrected chi connectivity index (χ3v) is 4.75. The van der Waals surface area contributed by atoms with Crippen LogP contribution >= 0.6 is 22.9 Å². The maximum Gasteiger partial charge on any atom is 0.287 e. The van der Waals surface area contributed by atoms with Crippen LogP contribution in [0.5, 0.6) is 0 Å². The minimum absolute atomic E-state index is 0.111. The van der Waals surface area contributed by atoms with Crippen LogP contribution in [0.15, 0.2) is 17.2 Å². The molecule has 0 amide bonds. The Hall–Kier alpha value is -1.40. The standard InChI is InChI=1S/C13H15ClN4OS/c1-7-5-15-12(20-7)11(8-3-4-8)17-9-6-16-18(2)13(19)10(9)14/h5-6,8,11,17H,3-4H2,1-2H3/t11-/m1/s1. The Balaban J connectivity index is 1.91. The zero-order valence-corrected chi connectivity index (χ0v) is 12.8. The molecular weight excluding hydrogens is 296 g/mol. The minimum Gasteiger partial charge on any atom is -0.373 e. The van der Waals surface area contributed by atoms with E-state index in [0.29, 0.717) is 11.6 Å². The lowest BCUT2D eigenvalue weighted by atomic mass is 10.2. The van der Waals surface area contributed by atoms with Gasteiger partial charge in [-0.15, -0.1) is 11.3 Å². The number of nitrogens with one attached hydrogen (secondary N) is 1. The van der Waals surface area contributed by atoms with Crippen molar-refractivity contribution >= 4 is 28.6 Å². The van der Waals surface area contributed by atoms with Gasteiger partial charge in [0.25, 0.3) is 5.56 Å². The molecule has 0 aromatic carbocycles. The molecule has 106 valence electrons. The molecule has 2 aromatic rings. The van der Waals surface area contributed by atoms with E-state index in [4.69, 9.17) is 11.6 Å². The Kier molecular flexibility index (Phi) is 3.52. The van der Waals surface area contributed by atoms with Crippen molar-refractivity contribution in [2.75, 3.05) is 5.32 Å². The second-order valence-corrected chi connectivity index (χ2v) is 6.71. The van der Waals surface area contributed by atoms with Crippen molar-refractivity contribution in [1.82, 2.24) is 14.8 Å². The Morgan fingerprint density at radius 2 is 2.25 bits per heavy atom. The van der Waals surface area contributed by atoms with Gasteiger partial charge in [0.2, 0.25) is 0 Å². The summed E-state index contributed by atoms with van der Waals surface area (Å²) < 4.78 is 1.23. The molecule has 0 bridgehead atoms. The largest absolute Gasteiger partial charge is 0.373 e. The Labute approximate surface area is 125 Å². The first-order valence-electron chi connectivity index (χ1n) is 6.47. The molecular formula is C13H15ClN4OS. The van der Waals surface area contributed by atoms with Gasteiger partial charge in [0.15, 0.2) is 0 Å². The SMILES string of the molecule is Cc1cnc([C@H](Nc2cnn(C)c(=O)c2Cl)C2CC2)s1. The van der Waals surface area contributed by atoms with Crippen molar-refractivity contribution in [1.29, 1.82) is 0 Å². The van der Waals surface area contributed by atoms with Crippen molar-refractivity contribution in [3.05, 3.63) is 37.7 Å². The quantitative estimate of drug-likeness (QED) is 0.943. The molecule has 2 aromatic heterocycles. The summed E-state index contributed by atoms with van der Waals surface area (Å²) in [4.78, 5) is 17.4. The molecule has 1 aliphatic carbocycles. The van der Waals surface area contributed by atoms with Crippen LogP contribution in [0.4, 0.5) is 5.69 Å². The van der Waals surface area contributed by atoms with Gasteiger partial charge in [-0.25, -0.2) is 9.67 Å². The van der Waals surface area contributed by atoms with Gasteiger partial charge < -0.3 is 5.32 Å². The lowest BCUT2D eigenvalue weighted by Gasteiger charge is -2.17. The molecule has 0 unspecified atom stereocenters. The predicted molar refractivity (Wildman–Crippen MR) is 80.4 cm³/mol. The van der Waals surface area contributed by atoms with Crippen LogP contribution in [0.1, 0.15) is 28.8 Å². The summed E-state index contributed by atoms with van der Waals surface area (Å²) in [6.45, 7) is 2.04. The van der Waals surface area contributed by atoms with E-state index in [1.165, 1.54) is 22.4 Å². The number of anilines is 1. The van der Waals surface area contributed by atoms with E-state index in [-0.39, 0.29) is 16.6 Å². The molecule has 0 saturated heterocycles. The first-order valence-corrected chi connectivity index (χ1v) is 7.66. The van der Waals surface area contributed by atoms with Crippen LogP contribution in [-0.4, -0.2) is 14.8 Å². The maximum absolute atomic E-state index is 11.8. The first-order chi connectivity index (χ1) is 9.56. The molecule has 1 saturated carbocycles. The zero-order valence-electron chi connectivity index (χ0n) is 11.3. The maximum atomic E-state index is 11.8. The van der Waals surface area contributed by atoms with Gasteiger partial charge in [0, 0.05) is 18.1 Å². The van der Waals surface area contributed by atoms with Crippen LogP contribution in [0.2, 0.25) is 5.02 Å². The Morgan fingerprint density at radius 1 is 1.50 bits per heavy atom. The van der Waals surface area contributed by atoms with Gasteiger partial charge in [-0.3, -0.25) is 4.79 Å².